The van der Waals surface area contributed by atoms with Crippen LogP contribution in [0.4, 0.5) is 5.69 Å². The van der Waals surface area contributed by atoms with Crippen LogP contribution in [-0.4, -0.2) is 27.9 Å². The Hall–Kier alpha value is -7.96. The molecular weight excluding hydrogens is 717 g/mol. The number of imide groups is 1. The zero-order valence-corrected chi connectivity index (χ0v) is 31.0. The third kappa shape index (κ3) is 5.50. The molecule has 6 heteroatoms. The van der Waals surface area contributed by atoms with E-state index in [-0.39, 0.29) is 22.7 Å². The Labute approximate surface area is 333 Å². The third-order valence-electron chi connectivity index (χ3n) is 10.9. The van der Waals surface area contributed by atoms with Crippen LogP contribution >= 0.6 is 0 Å². The summed E-state index contributed by atoms with van der Waals surface area (Å²) in [5.74, 6) is -1.40. The van der Waals surface area contributed by atoms with Gasteiger partial charge < -0.3 is 4.57 Å². The summed E-state index contributed by atoms with van der Waals surface area (Å²) in [7, 11) is 0. The van der Waals surface area contributed by atoms with E-state index in [4.69, 9.17) is 0 Å². The fraction of sp³-hybridized carbons (Fsp3) is 0. The molecule has 1 aliphatic heterocycles. The largest absolute Gasteiger partial charge is 0.307 e. The molecule has 8 aromatic carbocycles. The number of nitrogens with zero attached hydrogens (tertiary/aromatic N) is 2. The maximum atomic E-state index is 15.2. The second-order valence-electron chi connectivity index (χ2n) is 14.2. The van der Waals surface area contributed by atoms with E-state index in [2.05, 4.69) is 0 Å². The fourth-order valence-corrected chi connectivity index (χ4v) is 8.28. The first-order valence-corrected chi connectivity index (χ1v) is 19.0. The average molecular weight is 749 g/mol. The summed E-state index contributed by atoms with van der Waals surface area (Å²) in [5.41, 5.74) is 7.61. The van der Waals surface area contributed by atoms with Crippen LogP contribution in [-0.2, 0) is 0 Å². The van der Waals surface area contributed by atoms with Gasteiger partial charge in [0.05, 0.1) is 33.5 Å². The van der Waals surface area contributed by atoms with Gasteiger partial charge in [-0.3, -0.25) is 19.2 Å². The molecule has 0 bridgehead atoms. The molecule has 0 atom stereocenters. The van der Waals surface area contributed by atoms with E-state index in [1.165, 1.54) is 4.90 Å². The molecule has 1 aliphatic rings. The second-order valence-corrected chi connectivity index (χ2v) is 14.2. The number of carbonyl (C=O) groups is 4. The van der Waals surface area contributed by atoms with Crippen molar-refractivity contribution in [3.8, 4) is 27.9 Å². The van der Waals surface area contributed by atoms with Gasteiger partial charge in [0.15, 0.2) is 11.6 Å². The Bertz CT molecular complexity index is 3010. The molecule has 58 heavy (non-hydrogen) atoms. The number of hydrogen-bond donors (Lipinski definition) is 0. The molecule has 6 nitrogen and oxygen atoms in total. The van der Waals surface area contributed by atoms with Gasteiger partial charge in [0, 0.05) is 38.6 Å². The van der Waals surface area contributed by atoms with Crippen LogP contribution in [0.5, 0.6) is 0 Å². The van der Waals surface area contributed by atoms with Gasteiger partial charge >= 0.3 is 0 Å². The van der Waals surface area contributed by atoms with E-state index in [0.29, 0.717) is 44.7 Å². The number of ketones is 2. The monoisotopic (exact) mass is 748 g/mol. The molecule has 0 fully saturated rings. The van der Waals surface area contributed by atoms with Gasteiger partial charge in [0.1, 0.15) is 0 Å². The van der Waals surface area contributed by atoms with Crippen molar-refractivity contribution in [3.63, 3.8) is 0 Å². The molecule has 10 rings (SSSR count). The van der Waals surface area contributed by atoms with Crippen LogP contribution in [0, 0.1) is 0 Å². The molecule has 9 aromatic rings. The highest BCUT2D eigenvalue weighted by atomic mass is 16.2. The van der Waals surface area contributed by atoms with E-state index >= 15 is 4.79 Å². The Kier molecular flexibility index (Phi) is 8.31. The molecule has 1 aromatic heterocycles. The van der Waals surface area contributed by atoms with Gasteiger partial charge in [-0.05, 0) is 53.1 Å². The Morgan fingerprint density at radius 2 is 0.879 bits per heavy atom. The Morgan fingerprint density at radius 1 is 0.379 bits per heavy atom. The van der Waals surface area contributed by atoms with E-state index in [9.17, 15) is 14.4 Å². The van der Waals surface area contributed by atoms with E-state index in [0.717, 1.165) is 33.0 Å². The van der Waals surface area contributed by atoms with Crippen LogP contribution in [0.2, 0.25) is 0 Å². The van der Waals surface area contributed by atoms with Crippen molar-refractivity contribution in [1.29, 1.82) is 0 Å². The number of hydrogen-bond acceptors (Lipinski definition) is 4. The quantitative estimate of drug-likeness (QED) is 0.115. The summed E-state index contributed by atoms with van der Waals surface area (Å²) in [6.07, 6.45) is 0. The minimum Gasteiger partial charge on any atom is -0.307 e. The molecule has 0 N–H and O–H groups in total. The van der Waals surface area contributed by atoms with Gasteiger partial charge in [-0.25, -0.2) is 4.90 Å². The van der Waals surface area contributed by atoms with Crippen molar-refractivity contribution in [2.75, 3.05) is 4.90 Å². The summed E-state index contributed by atoms with van der Waals surface area (Å²) in [6.45, 7) is 0. The smallest absolute Gasteiger partial charge is 0.268 e. The molecule has 0 saturated heterocycles. The number of amides is 2. The first kappa shape index (κ1) is 34.5. The van der Waals surface area contributed by atoms with E-state index in [1.54, 1.807) is 54.6 Å². The minimum absolute atomic E-state index is 0.182. The zero-order chi connectivity index (χ0) is 39.3. The molecule has 0 spiro atoms. The summed E-state index contributed by atoms with van der Waals surface area (Å²) < 4.78 is 1.85. The van der Waals surface area contributed by atoms with Crippen molar-refractivity contribution in [1.82, 2.24) is 4.57 Å². The van der Waals surface area contributed by atoms with Gasteiger partial charge in [-0.15, -0.1) is 0 Å². The molecule has 0 aliphatic carbocycles. The lowest BCUT2D eigenvalue weighted by molar-refractivity contribution is 0.0924. The maximum Gasteiger partial charge on any atom is 0.268 e. The normalized spacial score (nSPS) is 12.3. The molecule has 0 radical (unpaired) electrons. The highest BCUT2D eigenvalue weighted by molar-refractivity contribution is 6.37. The number of benzene rings is 8. The number of anilines is 1. The number of rotatable bonds is 8. The van der Waals surface area contributed by atoms with E-state index in [1.807, 2.05) is 144 Å². The first-order chi connectivity index (χ1) is 28.5. The molecule has 0 unspecified atom stereocenters. The van der Waals surface area contributed by atoms with Crippen LogP contribution in [0.1, 0.15) is 52.6 Å². The minimum atomic E-state index is -0.506. The zero-order valence-electron chi connectivity index (χ0n) is 31.0. The molecule has 274 valence electrons. The summed E-state index contributed by atoms with van der Waals surface area (Å²) in [6, 6.07) is 59.8. The van der Waals surface area contributed by atoms with Gasteiger partial charge in [0.25, 0.3) is 11.8 Å². The second kappa shape index (κ2) is 14.0. The van der Waals surface area contributed by atoms with Crippen LogP contribution in [0.15, 0.2) is 194 Å². The van der Waals surface area contributed by atoms with E-state index < -0.39 is 11.8 Å². The van der Waals surface area contributed by atoms with Crippen molar-refractivity contribution < 1.29 is 19.2 Å². The molecule has 2 heterocycles. The van der Waals surface area contributed by atoms with Gasteiger partial charge in [0.2, 0.25) is 0 Å². The number of aromatic nitrogens is 1. The van der Waals surface area contributed by atoms with Crippen molar-refractivity contribution >= 4 is 50.9 Å². The SMILES string of the molecule is O=C(c1ccccc1)c1cccc2c3cccc(C(=O)c4ccccc4)c3n(-c3cccc4c3C(=O)N(c3ccc(-c5ccccc5)cc3-c3ccccc3)C4=O)c12. The topological polar surface area (TPSA) is 76.5 Å². The van der Waals surface area contributed by atoms with Crippen molar-refractivity contribution in [2.24, 2.45) is 0 Å². The third-order valence-corrected chi connectivity index (χ3v) is 10.9. The van der Waals surface area contributed by atoms with Crippen LogP contribution in [0.25, 0.3) is 49.7 Å². The highest BCUT2D eigenvalue weighted by Gasteiger charge is 2.41. The summed E-state index contributed by atoms with van der Waals surface area (Å²) >= 11 is 0. The standard InChI is InChI=1S/C52H32N2O4/c55-49(35-20-9-3-10-21-35)41-27-13-24-38-39-25-14-28-42(50(56)36-22-11-4-12-23-36)48(39)53(47(38)41)45-29-15-26-40-46(45)52(58)54(51(40)57)44-31-30-37(33-16-5-1-6-17-33)32-43(44)34-18-7-2-8-19-34/h1-32H. The Morgan fingerprint density at radius 3 is 1.43 bits per heavy atom. The highest BCUT2D eigenvalue weighted by Crippen LogP contribution is 2.43. The average Bonchev–Trinajstić information content (AvgIpc) is 3.77. The summed E-state index contributed by atoms with van der Waals surface area (Å²) in [4.78, 5) is 60.0. The summed E-state index contributed by atoms with van der Waals surface area (Å²) in [5, 5.41) is 1.46. The van der Waals surface area contributed by atoms with Crippen LogP contribution in [0.3, 0.4) is 0 Å². The fourth-order valence-electron chi connectivity index (χ4n) is 8.28. The number of carbonyl (C=O) groups excluding carboxylic acids is 4. The molecular formula is C52H32N2O4. The van der Waals surface area contributed by atoms with Crippen LogP contribution < -0.4 is 4.90 Å². The lowest BCUT2D eigenvalue weighted by atomic mass is 9.97. The van der Waals surface area contributed by atoms with Gasteiger partial charge in [-0.1, -0.05) is 158 Å². The lowest BCUT2D eigenvalue weighted by Gasteiger charge is -2.20. The lowest BCUT2D eigenvalue weighted by Crippen LogP contribution is -2.30. The molecule has 2 amide bonds. The Balaban J connectivity index is 1.23. The maximum absolute atomic E-state index is 15.2. The number of para-hydroxylation sites is 2. The first-order valence-electron chi connectivity index (χ1n) is 19.0. The predicted molar refractivity (Wildman–Crippen MR) is 229 cm³/mol. The van der Waals surface area contributed by atoms with Crippen molar-refractivity contribution in [3.05, 3.63) is 228 Å². The molecule has 0 saturated carbocycles. The van der Waals surface area contributed by atoms with Gasteiger partial charge in [-0.2, -0.15) is 0 Å². The number of fused-ring (bicyclic) bond motifs is 4. The van der Waals surface area contributed by atoms with Crippen molar-refractivity contribution in [2.45, 2.75) is 0 Å². The predicted octanol–water partition coefficient (Wildman–Crippen LogP) is 11.4.